The van der Waals surface area contributed by atoms with Crippen molar-refractivity contribution in [3.05, 3.63) is 47.8 Å². The van der Waals surface area contributed by atoms with Gasteiger partial charge in [-0.1, -0.05) is 31.2 Å². The van der Waals surface area contributed by atoms with E-state index in [0.29, 0.717) is 5.69 Å². The molecule has 0 amide bonds. The Morgan fingerprint density at radius 3 is 2.80 bits per heavy atom. The maximum atomic E-state index is 12.0. The van der Waals surface area contributed by atoms with Gasteiger partial charge in [-0.2, -0.15) is 5.10 Å². The van der Waals surface area contributed by atoms with Crippen molar-refractivity contribution in [1.29, 1.82) is 0 Å². The summed E-state index contributed by atoms with van der Waals surface area (Å²) in [5.74, 6) is -0.0574. The van der Waals surface area contributed by atoms with Crippen LogP contribution >= 0.6 is 0 Å². The molecule has 7 heteroatoms. The third kappa shape index (κ3) is 4.36. The molecule has 0 unspecified atom stereocenters. The molecule has 0 saturated carbocycles. The summed E-state index contributed by atoms with van der Waals surface area (Å²) in [4.78, 5) is 0. The standard InChI is InChI=1S/C13H18N4O2S/c1-2-14-7-11-4-3-5-12(6-11)10-20(18,19)17-13-8-15-16-9-13/h3-6,8-9,14,17H,2,7,10H2,1H3,(H,15,16). The molecule has 0 spiro atoms. The highest BCUT2D eigenvalue weighted by Crippen LogP contribution is 2.12. The number of sulfonamides is 1. The van der Waals surface area contributed by atoms with Crippen LogP contribution in [0.4, 0.5) is 5.69 Å². The summed E-state index contributed by atoms with van der Waals surface area (Å²) in [6.45, 7) is 3.65. The highest BCUT2D eigenvalue weighted by Gasteiger charge is 2.12. The number of benzene rings is 1. The summed E-state index contributed by atoms with van der Waals surface area (Å²) in [6, 6.07) is 7.55. The van der Waals surface area contributed by atoms with Crippen LogP contribution in [-0.2, 0) is 22.3 Å². The fourth-order valence-corrected chi connectivity index (χ4v) is 3.00. The second-order valence-electron chi connectivity index (χ2n) is 4.45. The lowest BCUT2D eigenvalue weighted by Crippen LogP contribution is -2.15. The van der Waals surface area contributed by atoms with Gasteiger partial charge in [-0.05, 0) is 17.7 Å². The smallest absolute Gasteiger partial charge is 0.237 e. The molecule has 0 atom stereocenters. The average molecular weight is 294 g/mol. The lowest BCUT2D eigenvalue weighted by Gasteiger charge is -2.08. The first-order valence-corrected chi connectivity index (χ1v) is 8.02. The molecule has 1 aromatic carbocycles. The molecule has 3 N–H and O–H groups in total. The molecule has 2 aromatic rings. The normalized spacial score (nSPS) is 11.4. The van der Waals surface area contributed by atoms with Crippen molar-refractivity contribution in [3.63, 3.8) is 0 Å². The van der Waals surface area contributed by atoms with E-state index in [1.165, 1.54) is 12.4 Å². The molecule has 6 nitrogen and oxygen atoms in total. The number of rotatable bonds is 7. The number of hydrogen-bond acceptors (Lipinski definition) is 4. The van der Waals surface area contributed by atoms with E-state index in [1.807, 2.05) is 31.2 Å². The molecule has 2 rings (SSSR count). The van der Waals surface area contributed by atoms with Crippen LogP contribution in [0.1, 0.15) is 18.1 Å². The summed E-state index contributed by atoms with van der Waals surface area (Å²) >= 11 is 0. The molecular formula is C13H18N4O2S. The fourth-order valence-electron chi connectivity index (χ4n) is 1.84. The second-order valence-corrected chi connectivity index (χ2v) is 6.17. The van der Waals surface area contributed by atoms with Gasteiger partial charge in [0.2, 0.25) is 10.0 Å². The summed E-state index contributed by atoms with van der Waals surface area (Å²) in [6.07, 6.45) is 2.93. The molecule has 0 saturated heterocycles. The van der Waals surface area contributed by atoms with Crippen molar-refractivity contribution in [2.45, 2.75) is 19.2 Å². The first kappa shape index (κ1) is 14.5. The number of H-pyrrole nitrogens is 1. The van der Waals surface area contributed by atoms with Crippen LogP contribution in [0.25, 0.3) is 0 Å². The van der Waals surface area contributed by atoms with Crippen molar-refractivity contribution in [2.75, 3.05) is 11.3 Å². The molecule has 0 aliphatic carbocycles. The van der Waals surface area contributed by atoms with Crippen LogP contribution in [0.3, 0.4) is 0 Å². The maximum Gasteiger partial charge on any atom is 0.237 e. The number of nitrogens with one attached hydrogen (secondary N) is 3. The Labute approximate surface area is 118 Å². The van der Waals surface area contributed by atoms with Crippen LogP contribution in [0.15, 0.2) is 36.7 Å². The minimum Gasteiger partial charge on any atom is -0.313 e. The van der Waals surface area contributed by atoms with Crippen molar-refractivity contribution in [1.82, 2.24) is 15.5 Å². The van der Waals surface area contributed by atoms with Crippen molar-refractivity contribution >= 4 is 15.7 Å². The Bertz CT molecular complexity index is 638. The molecule has 0 aliphatic heterocycles. The van der Waals surface area contributed by atoms with Gasteiger partial charge in [-0.15, -0.1) is 0 Å². The van der Waals surface area contributed by atoms with Crippen molar-refractivity contribution in [2.24, 2.45) is 0 Å². The number of hydrogen-bond donors (Lipinski definition) is 3. The van der Waals surface area contributed by atoms with Crippen molar-refractivity contribution in [3.8, 4) is 0 Å². The molecule has 20 heavy (non-hydrogen) atoms. The number of aromatic nitrogens is 2. The fraction of sp³-hybridized carbons (Fsp3) is 0.308. The molecule has 1 heterocycles. The number of nitrogens with zero attached hydrogens (tertiary/aromatic N) is 1. The SMILES string of the molecule is CCNCc1cccc(CS(=O)(=O)Nc2cn[nH]c2)c1. The first-order chi connectivity index (χ1) is 9.59. The molecule has 0 aliphatic rings. The van der Waals surface area contributed by atoms with Gasteiger partial charge in [0, 0.05) is 12.7 Å². The molecule has 0 radical (unpaired) electrons. The lowest BCUT2D eigenvalue weighted by atomic mass is 10.1. The van der Waals surface area contributed by atoms with Gasteiger partial charge in [0.25, 0.3) is 0 Å². The van der Waals surface area contributed by atoms with E-state index in [4.69, 9.17) is 0 Å². The number of anilines is 1. The monoisotopic (exact) mass is 294 g/mol. The van der Waals surface area contributed by atoms with Gasteiger partial charge in [0.15, 0.2) is 0 Å². The van der Waals surface area contributed by atoms with E-state index >= 15 is 0 Å². The third-order valence-electron chi connectivity index (χ3n) is 2.70. The van der Waals surface area contributed by atoms with Gasteiger partial charge in [-0.25, -0.2) is 8.42 Å². The summed E-state index contributed by atoms with van der Waals surface area (Å²) < 4.78 is 26.5. The zero-order valence-electron chi connectivity index (χ0n) is 11.3. The van der Waals surface area contributed by atoms with Crippen LogP contribution in [-0.4, -0.2) is 25.2 Å². The Balaban J connectivity index is 2.05. The second kappa shape index (κ2) is 6.53. The van der Waals surface area contributed by atoms with Crippen molar-refractivity contribution < 1.29 is 8.42 Å². The van der Waals surface area contributed by atoms with Gasteiger partial charge < -0.3 is 5.32 Å². The zero-order valence-corrected chi connectivity index (χ0v) is 12.1. The summed E-state index contributed by atoms with van der Waals surface area (Å²) in [7, 11) is -3.43. The van der Waals surface area contributed by atoms with Crippen LogP contribution in [0.5, 0.6) is 0 Å². The summed E-state index contributed by atoms with van der Waals surface area (Å²) in [5, 5.41) is 9.48. The van der Waals surface area contributed by atoms with Gasteiger partial charge in [0.1, 0.15) is 0 Å². The number of aromatic amines is 1. The van der Waals surface area contributed by atoms with E-state index in [-0.39, 0.29) is 5.75 Å². The highest BCUT2D eigenvalue weighted by atomic mass is 32.2. The molecule has 1 aromatic heterocycles. The minimum absolute atomic E-state index is 0.0574. The van der Waals surface area contributed by atoms with E-state index < -0.39 is 10.0 Å². The molecule has 0 fully saturated rings. The van der Waals surface area contributed by atoms with E-state index in [2.05, 4.69) is 20.2 Å². The Hall–Kier alpha value is -1.86. The largest absolute Gasteiger partial charge is 0.313 e. The third-order valence-corrected chi connectivity index (χ3v) is 3.96. The summed E-state index contributed by atoms with van der Waals surface area (Å²) in [5.41, 5.74) is 2.27. The lowest BCUT2D eigenvalue weighted by molar-refractivity contribution is 0.600. The van der Waals surface area contributed by atoms with E-state index in [1.54, 1.807) is 0 Å². The van der Waals surface area contributed by atoms with Crippen LogP contribution in [0, 0.1) is 0 Å². The predicted molar refractivity (Wildman–Crippen MR) is 78.7 cm³/mol. The average Bonchev–Trinajstić information content (AvgIpc) is 2.88. The molecular weight excluding hydrogens is 276 g/mol. The highest BCUT2D eigenvalue weighted by molar-refractivity contribution is 7.91. The quantitative estimate of drug-likeness (QED) is 0.721. The molecule has 108 valence electrons. The van der Waals surface area contributed by atoms with E-state index in [9.17, 15) is 8.42 Å². The van der Waals surface area contributed by atoms with Gasteiger partial charge >= 0.3 is 0 Å². The van der Waals surface area contributed by atoms with E-state index in [0.717, 1.165) is 24.2 Å². The zero-order chi connectivity index (χ0) is 14.4. The minimum atomic E-state index is -3.43. The predicted octanol–water partition coefficient (Wildman–Crippen LogP) is 1.46. The topological polar surface area (TPSA) is 86.9 Å². The van der Waals surface area contributed by atoms with Crippen LogP contribution < -0.4 is 10.0 Å². The first-order valence-electron chi connectivity index (χ1n) is 6.37. The van der Waals surface area contributed by atoms with Gasteiger partial charge in [-0.3, -0.25) is 9.82 Å². The Morgan fingerprint density at radius 1 is 1.30 bits per heavy atom. The Morgan fingerprint density at radius 2 is 2.10 bits per heavy atom. The molecule has 0 bridgehead atoms. The van der Waals surface area contributed by atoms with Gasteiger partial charge in [0.05, 0.1) is 17.6 Å². The Kier molecular flexibility index (Phi) is 4.75. The van der Waals surface area contributed by atoms with Crippen LogP contribution in [0.2, 0.25) is 0 Å². The maximum absolute atomic E-state index is 12.0.